The van der Waals surface area contributed by atoms with Crippen LogP contribution < -0.4 is 5.73 Å². The molecule has 0 saturated carbocycles. The quantitative estimate of drug-likeness (QED) is 0.361. The van der Waals surface area contributed by atoms with Crippen molar-refractivity contribution in [1.29, 1.82) is 0 Å². The largest absolute Gasteiger partial charge is 0.383 e. The highest BCUT2D eigenvalue weighted by Gasteiger charge is 2.28. The fourth-order valence-corrected chi connectivity index (χ4v) is 5.52. The van der Waals surface area contributed by atoms with E-state index in [0.29, 0.717) is 24.6 Å². The minimum Gasteiger partial charge on any atom is -0.383 e. The highest BCUT2D eigenvalue weighted by molar-refractivity contribution is 5.94. The molecule has 11 nitrogen and oxygen atoms in total. The van der Waals surface area contributed by atoms with Crippen LogP contribution >= 0.6 is 0 Å². The number of piperidine rings is 1. The lowest BCUT2D eigenvalue weighted by Gasteiger charge is -2.32. The predicted octanol–water partition coefficient (Wildman–Crippen LogP) is 3.90. The van der Waals surface area contributed by atoms with Crippen LogP contribution in [0.15, 0.2) is 67.4 Å². The van der Waals surface area contributed by atoms with Crippen molar-refractivity contribution < 1.29 is 4.79 Å². The topological polar surface area (TPSA) is 136 Å². The maximum atomic E-state index is 12.7. The summed E-state index contributed by atoms with van der Waals surface area (Å²) in [4.78, 5) is 27.1. The van der Waals surface area contributed by atoms with Crippen LogP contribution in [0, 0.1) is 6.92 Å². The third kappa shape index (κ3) is 3.81. The smallest absolute Gasteiger partial charge is 0.291 e. The predicted molar refractivity (Wildman–Crippen MR) is 147 cm³/mol. The number of nitrogens with two attached hydrogens (primary N) is 1. The zero-order valence-electron chi connectivity index (χ0n) is 21.3. The van der Waals surface area contributed by atoms with Crippen molar-refractivity contribution >= 4 is 28.4 Å². The third-order valence-electron chi connectivity index (χ3n) is 7.54. The van der Waals surface area contributed by atoms with Gasteiger partial charge in [0.25, 0.3) is 5.91 Å². The maximum absolute atomic E-state index is 12.7. The van der Waals surface area contributed by atoms with Gasteiger partial charge in [-0.25, -0.2) is 4.98 Å². The number of aromatic nitrogens is 8. The summed E-state index contributed by atoms with van der Waals surface area (Å²) < 4.78 is 3.92. The van der Waals surface area contributed by atoms with Gasteiger partial charge in [0.05, 0.1) is 17.3 Å². The molecule has 1 amide bonds. The lowest BCUT2D eigenvalue weighted by Crippen LogP contribution is -2.39. The first-order valence-corrected chi connectivity index (χ1v) is 12.9. The summed E-state index contributed by atoms with van der Waals surface area (Å²) in [6, 6.07) is 14.3. The van der Waals surface area contributed by atoms with Gasteiger partial charge in [0.2, 0.25) is 5.82 Å². The molecule has 3 N–H and O–H groups in total. The van der Waals surface area contributed by atoms with Crippen LogP contribution in [0.1, 0.15) is 35.1 Å². The SMILES string of the molecule is Cc1cn(C2CCN(C(=O)c3nnc[nH]3)CC2)c2nc3c(-c4ccc(-c5ccccc5)nc4)cnn3c(N)c12. The minimum atomic E-state index is -0.126. The van der Waals surface area contributed by atoms with Crippen molar-refractivity contribution in [2.75, 3.05) is 18.8 Å². The molecular formula is C28H26N10O. The molecule has 0 atom stereocenters. The van der Waals surface area contributed by atoms with Gasteiger partial charge in [0, 0.05) is 48.2 Å². The average Bonchev–Trinajstić information content (AvgIpc) is 3.73. The number of pyridine rings is 1. The van der Waals surface area contributed by atoms with E-state index in [1.54, 1.807) is 10.7 Å². The molecule has 39 heavy (non-hydrogen) atoms. The number of hydrogen-bond acceptors (Lipinski definition) is 7. The molecule has 0 aliphatic carbocycles. The van der Waals surface area contributed by atoms with E-state index < -0.39 is 0 Å². The van der Waals surface area contributed by atoms with Crippen LogP contribution in [0.5, 0.6) is 0 Å². The van der Waals surface area contributed by atoms with Crippen LogP contribution in [0.3, 0.4) is 0 Å². The van der Waals surface area contributed by atoms with Gasteiger partial charge in [-0.3, -0.25) is 9.78 Å². The van der Waals surface area contributed by atoms with Crippen molar-refractivity contribution in [2.45, 2.75) is 25.8 Å². The molecule has 0 unspecified atom stereocenters. The molecule has 0 radical (unpaired) electrons. The summed E-state index contributed by atoms with van der Waals surface area (Å²) >= 11 is 0. The van der Waals surface area contributed by atoms with E-state index in [0.717, 1.165) is 51.8 Å². The number of likely N-dealkylation sites (tertiary alicyclic amines) is 1. The molecule has 1 aromatic carbocycles. The highest BCUT2D eigenvalue weighted by atomic mass is 16.2. The molecule has 7 rings (SSSR count). The number of nitrogens with one attached hydrogen (secondary N) is 1. The van der Waals surface area contributed by atoms with Gasteiger partial charge >= 0.3 is 0 Å². The Hall–Kier alpha value is -5.06. The van der Waals surface area contributed by atoms with E-state index in [-0.39, 0.29) is 17.8 Å². The Morgan fingerprint density at radius 3 is 2.56 bits per heavy atom. The van der Waals surface area contributed by atoms with Gasteiger partial charge in [-0.2, -0.15) is 9.61 Å². The minimum absolute atomic E-state index is 0.126. The number of H-pyrrole nitrogens is 1. The van der Waals surface area contributed by atoms with Gasteiger partial charge in [-0.1, -0.05) is 36.4 Å². The first kappa shape index (κ1) is 23.1. The number of anilines is 1. The summed E-state index contributed by atoms with van der Waals surface area (Å²) in [5.41, 5.74) is 13.0. The molecule has 6 aromatic rings. The lowest BCUT2D eigenvalue weighted by molar-refractivity contribution is 0.0684. The lowest BCUT2D eigenvalue weighted by atomic mass is 10.0. The molecule has 194 valence electrons. The van der Waals surface area contributed by atoms with Crippen LogP contribution in [0.25, 0.3) is 39.1 Å². The number of aromatic amines is 1. The molecule has 1 aliphatic rings. The van der Waals surface area contributed by atoms with Gasteiger partial charge in [-0.05, 0) is 31.4 Å². The summed E-state index contributed by atoms with van der Waals surface area (Å²) in [5.74, 6) is 0.704. The van der Waals surface area contributed by atoms with E-state index in [2.05, 4.69) is 36.0 Å². The van der Waals surface area contributed by atoms with Crippen LogP contribution in [-0.4, -0.2) is 63.2 Å². The number of nitrogens with zero attached hydrogens (tertiary/aromatic N) is 8. The molecular weight excluding hydrogens is 492 g/mol. The van der Waals surface area contributed by atoms with Crippen molar-refractivity contribution in [3.8, 4) is 22.4 Å². The van der Waals surface area contributed by atoms with E-state index >= 15 is 0 Å². The zero-order valence-corrected chi connectivity index (χ0v) is 21.3. The van der Waals surface area contributed by atoms with Gasteiger partial charge in [-0.15, -0.1) is 10.2 Å². The molecule has 6 heterocycles. The number of fused-ring (bicyclic) bond motifs is 2. The molecule has 11 heteroatoms. The first-order valence-electron chi connectivity index (χ1n) is 12.9. The van der Waals surface area contributed by atoms with Crippen molar-refractivity contribution in [1.82, 2.24) is 44.2 Å². The number of benzene rings is 1. The van der Waals surface area contributed by atoms with Gasteiger partial charge < -0.3 is 20.2 Å². The number of carbonyl (C=O) groups is 1. The highest BCUT2D eigenvalue weighted by Crippen LogP contribution is 2.35. The number of rotatable bonds is 4. The Morgan fingerprint density at radius 1 is 1.03 bits per heavy atom. The number of carbonyl (C=O) groups excluding carboxylic acids is 1. The van der Waals surface area contributed by atoms with E-state index in [9.17, 15) is 4.79 Å². The second kappa shape index (κ2) is 9.05. The summed E-state index contributed by atoms with van der Waals surface area (Å²) in [5, 5.41) is 13.1. The maximum Gasteiger partial charge on any atom is 0.291 e. The monoisotopic (exact) mass is 518 g/mol. The Labute approximate surface area is 223 Å². The molecule has 1 saturated heterocycles. The average molecular weight is 519 g/mol. The summed E-state index contributed by atoms with van der Waals surface area (Å²) in [7, 11) is 0. The van der Waals surface area contributed by atoms with Crippen LogP contribution in [-0.2, 0) is 0 Å². The van der Waals surface area contributed by atoms with E-state index in [1.807, 2.05) is 60.5 Å². The normalized spacial score (nSPS) is 14.4. The van der Waals surface area contributed by atoms with Crippen molar-refractivity contribution in [3.63, 3.8) is 0 Å². The second-order valence-corrected chi connectivity index (χ2v) is 9.87. The number of nitrogen functional groups attached to an aromatic ring is 1. The Balaban J connectivity index is 1.23. The second-order valence-electron chi connectivity index (χ2n) is 9.87. The van der Waals surface area contributed by atoms with E-state index in [1.165, 1.54) is 6.33 Å². The Kier molecular flexibility index (Phi) is 5.36. The fourth-order valence-electron chi connectivity index (χ4n) is 5.52. The Bertz CT molecular complexity index is 1790. The molecule has 1 fully saturated rings. The fraction of sp³-hybridized carbons (Fsp3) is 0.214. The number of hydrogen-bond donors (Lipinski definition) is 2. The first-order chi connectivity index (χ1) is 19.1. The summed E-state index contributed by atoms with van der Waals surface area (Å²) in [6.45, 7) is 3.29. The van der Waals surface area contributed by atoms with Crippen LogP contribution in [0.2, 0.25) is 0 Å². The van der Waals surface area contributed by atoms with E-state index in [4.69, 9.17) is 10.7 Å². The van der Waals surface area contributed by atoms with Crippen LogP contribution in [0.4, 0.5) is 5.82 Å². The summed E-state index contributed by atoms with van der Waals surface area (Å²) in [6.07, 6.45) is 8.78. The molecule has 1 aliphatic heterocycles. The molecule has 5 aromatic heterocycles. The van der Waals surface area contributed by atoms with Gasteiger partial charge in [0.1, 0.15) is 17.8 Å². The van der Waals surface area contributed by atoms with Gasteiger partial charge in [0.15, 0.2) is 5.65 Å². The molecule has 0 bridgehead atoms. The Morgan fingerprint density at radius 2 is 1.85 bits per heavy atom. The number of amides is 1. The standard InChI is InChI=1S/C28H26N10O/c1-17-15-37(20-9-11-36(12-10-20)28(39)25-31-16-32-35-25)27-23(17)24(29)38-26(34-27)21(14-33-38)19-7-8-22(30-13-19)18-5-3-2-4-6-18/h2-8,13-16,20H,9-12,29H2,1H3,(H,31,32,35). The third-order valence-corrected chi connectivity index (χ3v) is 7.54. The van der Waals surface area contributed by atoms with Crippen molar-refractivity contribution in [2.24, 2.45) is 0 Å². The zero-order chi connectivity index (χ0) is 26.5. The number of aryl methyl sites for hydroxylation is 1. The molecule has 0 spiro atoms. The van der Waals surface area contributed by atoms with Crippen molar-refractivity contribution in [3.05, 3.63) is 78.8 Å².